The number of likely N-dealkylation sites (N-methyl/N-ethyl adjacent to an activating group) is 2. The Morgan fingerprint density at radius 2 is 1.53 bits per heavy atom. The molecule has 0 aliphatic rings. The van der Waals surface area contributed by atoms with E-state index in [-0.39, 0.29) is 0 Å². The van der Waals surface area contributed by atoms with E-state index in [1.54, 1.807) is 0 Å². The third-order valence-corrected chi connectivity index (χ3v) is 2.99. The van der Waals surface area contributed by atoms with Gasteiger partial charge in [-0.05, 0) is 46.3 Å². The monoisotopic (exact) mass is 214 g/mol. The van der Waals surface area contributed by atoms with Gasteiger partial charge in [-0.1, -0.05) is 20.8 Å². The standard InChI is InChI=1S/C13H30N2/c1-7-15(13(4)5)11-10-14(6)9-8-12(2)3/h12-13H,7-11H2,1-6H3. The first-order valence-electron chi connectivity index (χ1n) is 6.40. The van der Waals surface area contributed by atoms with Crippen LogP contribution >= 0.6 is 0 Å². The maximum atomic E-state index is 2.52. The minimum absolute atomic E-state index is 0.675. The molecule has 0 aliphatic carbocycles. The molecule has 0 bridgehead atoms. The van der Waals surface area contributed by atoms with E-state index in [4.69, 9.17) is 0 Å². The van der Waals surface area contributed by atoms with Gasteiger partial charge in [0.2, 0.25) is 0 Å². The van der Waals surface area contributed by atoms with Crippen molar-refractivity contribution >= 4 is 0 Å². The van der Waals surface area contributed by atoms with E-state index in [0.717, 1.165) is 12.5 Å². The second kappa shape index (κ2) is 8.12. The molecule has 0 aromatic rings. The summed E-state index contributed by atoms with van der Waals surface area (Å²) >= 11 is 0. The fourth-order valence-corrected chi connectivity index (χ4v) is 1.67. The zero-order valence-corrected chi connectivity index (χ0v) is 11.6. The van der Waals surface area contributed by atoms with Gasteiger partial charge in [0.15, 0.2) is 0 Å². The minimum atomic E-state index is 0.675. The van der Waals surface area contributed by atoms with Crippen molar-refractivity contribution in [2.45, 2.75) is 47.1 Å². The van der Waals surface area contributed by atoms with Crippen LogP contribution in [0.15, 0.2) is 0 Å². The fraction of sp³-hybridized carbons (Fsp3) is 1.00. The van der Waals surface area contributed by atoms with Gasteiger partial charge in [0.25, 0.3) is 0 Å². The van der Waals surface area contributed by atoms with Gasteiger partial charge in [-0.25, -0.2) is 0 Å². The molecular formula is C13H30N2. The molecular weight excluding hydrogens is 184 g/mol. The molecule has 0 atom stereocenters. The molecule has 0 saturated heterocycles. The summed E-state index contributed by atoms with van der Waals surface area (Å²) in [6.07, 6.45) is 1.31. The van der Waals surface area contributed by atoms with E-state index in [9.17, 15) is 0 Å². The van der Waals surface area contributed by atoms with E-state index >= 15 is 0 Å². The Labute approximate surface area is 96.6 Å². The molecule has 0 aromatic heterocycles. The summed E-state index contributed by atoms with van der Waals surface area (Å²) in [6.45, 7) is 16.2. The highest BCUT2D eigenvalue weighted by Gasteiger charge is 2.08. The maximum Gasteiger partial charge on any atom is 0.0112 e. The summed E-state index contributed by atoms with van der Waals surface area (Å²) in [5.74, 6) is 0.819. The van der Waals surface area contributed by atoms with Crippen molar-refractivity contribution in [3.05, 3.63) is 0 Å². The smallest absolute Gasteiger partial charge is 0.0112 e. The van der Waals surface area contributed by atoms with Crippen LogP contribution in [0.3, 0.4) is 0 Å². The second-order valence-corrected chi connectivity index (χ2v) is 5.21. The van der Waals surface area contributed by atoms with Gasteiger partial charge in [-0.3, -0.25) is 4.90 Å². The molecule has 0 saturated carbocycles. The van der Waals surface area contributed by atoms with Gasteiger partial charge < -0.3 is 4.90 Å². The Morgan fingerprint density at radius 1 is 0.933 bits per heavy atom. The van der Waals surface area contributed by atoms with Crippen molar-refractivity contribution in [3.8, 4) is 0 Å². The zero-order valence-electron chi connectivity index (χ0n) is 11.6. The molecule has 92 valence electrons. The average Bonchev–Trinajstić information content (AvgIpc) is 2.15. The quantitative estimate of drug-likeness (QED) is 0.613. The van der Waals surface area contributed by atoms with Gasteiger partial charge in [-0.15, -0.1) is 0 Å². The van der Waals surface area contributed by atoms with Crippen molar-refractivity contribution in [2.24, 2.45) is 5.92 Å². The van der Waals surface area contributed by atoms with Crippen molar-refractivity contribution in [1.82, 2.24) is 9.80 Å². The van der Waals surface area contributed by atoms with E-state index < -0.39 is 0 Å². The lowest BCUT2D eigenvalue weighted by molar-refractivity contribution is 0.194. The Bertz CT molecular complexity index is 143. The van der Waals surface area contributed by atoms with E-state index in [1.165, 1.54) is 26.1 Å². The predicted octanol–water partition coefficient (Wildman–Crippen LogP) is 2.69. The molecule has 0 aromatic carbocycles. The molecule has 0 amide bonds. The summed E-state index contributed by atoms with van der Waals surface area (Å²) in [6, 6.07) is 0.675. The number of nitrogens with zero attached hydrogens (tertiary/aromatic N) is 2. The lowest BCUT2D eigenvalue weighted by atomic mass is 10.1. The fourth-order valence-electron chi connectivity index (χ4n) is 1.67. The normalized spacial score (nSPS) is 12.4. The van der Waals surface area contributed by atoms with Crippen LogP contribution in [0, 0.1) is 5.92 Å². The first-order chi connectivity index (χ1) is 6.97. The summed E-state index contributed by atoms with van der Waals surface area (Å²) in [5, 5.41) is 0. The zero-order chi connectivity index (χ0) is 11.8. The topological polar surface area (TPSA) is 6.48 Å². The molecule has 0 rings (SSSR count). The molecule has 0 aliphatic heterocycles. The van der Waals surface area contributed by atoms with Crippen LogP contribution in [0.2, 0.25) is 0 Å². The maximum absolute atomic E-state index is 2.52. The highest BCUT2D eigenvalue weighted by atomic mass is 15.2. The third-order valence-electron chi connectivity index (χ3n) is 2.99. The number of hydrogen-bond donors (Lipinski definition) is 0. The lowest BCUT2D eigenvalue weighted by Gasteiger charge is -2.27. The van der Waals surface area contributed by atoms with Crippen LogP contribution in [0.1, 0.15) is 41.0 Å². The second-order valence-electron chi connectivity index (χ2n) is 5.21. The minimum Gasteiger partial charge on any atom is -0.305 e. The first kappa shape index (κ1) is 14.9. The summed E-state index contributed by atoms with van der Waals surface area (Å²) in [5.41, 5.74) is 0. The van der Waals surface area contributed by atoms with Crippen molar-refractivity contribution in [3.63, 3.8) is 0 Å². The molecule has 0 radical (unpaired) electrons. The van der Waals surface area contributed by atoms with Crippen molar-refractivity contribution in [1.29, 1.82) is 0 Å². The summed E-state index contributed by atoms with van der Waals surface area (Å²) < 4.78 is 0. The van der Waals surface area contributed by atoms with Gasteiger partial charge in [0.1, 0.15) is 0 Å². The van der Waals surface area contributed by atoms with Gasteiger partial charge in [0, 0.05) is 19.1 Å². The van der Waals surface area contributed by atoms with E-state index in [2.05, 4.69) is 51.5 Å². The van der Waals surface area contributed by atoms with Crippen LogP contribution in [0.4, 0.5) is 0 Å². The Balaban J connectivity index is 3.63. The predicted molar refractivity (Wildman–Crippen MR) is 69.3 cm³/mol. The molecule has 15 heavy (non-hydrogen) atoms. The van der Waals surface area contributed by atoms with Gasteiger partial charge in [-0.2, -0.15) is 0 Å². The first-order valence-corrected chi connectivity index (χ1v) is 6.40. The highest BCUT2D eigenvalue weighted by molar-refractivity contribution is 4.63. The molecule has 0 N–H and O–H groups in total. The van der Waals surface area contributed by atoms with E-state index in [0.29, 0.717) is 6.04 Å². The Morgan fingerprint density at radius 3 is 1.93 bits per heavy atom. The number of rotatable bonds is 8. The van der Waals surface area contributed by atoms with Crippen LogP contribution in [-0.2, 0) is 0 Å². The lowest BCUT2D eigenvalue weighted by Crippen LogP contribution is -2.37. The van der Waals surface area contributed by atoms with Crippen LogP contribution in [-0.4, -0.2) is 49.1 Å². The van der Waals surface area contributed by atoms with Crippen LogP contribution < -0.4 is 0 Å². The molecule has 0 fully saturated rings. The average molecular weight is 214 g/mol. The molecule has 0 spiro atoms. The third kappa shape index (κ3) is 7.80. The van der Waals surface area contributed by atoms with Gasteiger partial charge >= 0.3 is 0 Å². The van der Waals surface area contributed by atoms with Crippen molar-refractivity contribution < 1.29 is 0 Å². The Kier molecular flexibility index (Phi) is 8.07. The largest absolute Gasteiger partial charge is 0.305 e. The molecule has 2 heteroatoms. The molecule has 2 nitrogen and oxygen atoms in total. The summed E-state index contributed by atoms with van der Waals surface area (Å²) in [4.78, 5) is 4.97. The van der Waals surface area contributed by atoms with Gasteiger partial charge in [0.05, 0.1) is 0 Å². The molecule has 0 heterocycles. The summed E-state index contributed by atoms with van der Waals surface area (Å²) in [7, 11) is 2.23. The van der Waals surface area contributed by atoms with Crippen LogP contribution in [0.25, 0.3) is 0 Å². The molecule has 0 unspecified atom stereocenters. The van der Waals surface area contributed by atoms with E-state index in [1.807, 2.05) is 0 Å². The number of hydrogen-bond acceptors (Lipinski definition) is 2. The highest BCUT2D eigenvalue weighted by Crippen LogP contribution is 2.02. The SMILES string of the molecule is CCN(CCN(C)CCC(C)C)C(C)C. The van der Waals surface area contributed by atoms with Crippen LogP contribution in [0.5, 0.6) is 0 Å². The Hall–Kier alpha value is -0.0800. The van der Waals surface area contributed by atoms with Crippen molar-refractivity contribution in [2.75, 3.05) is 33.2 Å².